The van der Waals surface area contributed by atoms with Crippen molar-refractivity contribution in [2.24, 2.45) is 0 Å². The molecule has 2 nitrogen and oxygen atoms in total. The molecule has 3 rings (SSSR count). The Kier molecular flexibility index (Phi) is 4.88. The predicted molar refractivity (Wildman–Crippen MR) is 90.0 cm³/mol. The van der Waals surface area contributed by atoms with Crippen molar-refractivity contribution in [3.05, 3.63) is 59.3 Å². The summed E-state index contributed by atoms with van der Waals surface area (Å²) in [5.74, 6) is 0.394. The molecule has 0 bridgehead atoms. The van der Waals surface area contributed by atoms with Crippen molar-refractivity contribution in [2.75, 3.05) is 5.32 Å². The lowest BCUT2D eigenvalue weighted by molar-refractivity contribution is -0.137. The first-order valence-electron chi connectivity index (χ1n) is 8.10. The summed E-state index contributed by atoms with van der Waals surface area (Å²) in [5.41, 5.74) is 2.63. The van der Waals surface area contributed by atoms with Crippen molar-refractivity contribution in [2.45, 2.75) is 38.3 Å². The van der Waals surface area contributed by atoms with Gasteiger partial charge in [-0.25, -0.2) is 4.98 Å². The maximum Gasteiger partial charge on any atom is 0.417 e. The Hall–Kier alpha value is -2.30. The molecule has 126 valence electrons. The number of rotatable bonds is 3. The van der Waals surface area contributed by atoms with E-state index in [0.717, 1.165) is 36.4 Å². The van der Waals surface area contributed by atoms with Gasteiger partial charge in [0, 0.05) is 11.9 Å². The van der Waals surface area contributed by atoms with Crippen LogP contribution in [0.2, 0.25) is 0 Å². The molecule has 1 aliphatic carbocycles. The highest BCUT2D eigenvalue weighted by Crippen LogP contribution is 2.29. The molecule has 0 radical (unpaired) electrons. The van der Waals surface area contributed by atoms with E-state index in [2.05, 4.69) is 16.4 Å². The number of hydrogen-bond acceptors (Lipinski definition) is 2. The van der Waals surface area contributed by atoms with E-state index in [1.165, 1.54) is 30.9 Å². The number of benzene rings is 1. The number of anilines is 2. The van der Waals surface area contributed by atoms with Crippen LogP contribution in [0.15, 0.2) is 48.2 Å². The smallest absolute Gasteiger partial charge is 0.340 e. The third kappa shape index (κ3) is 4.37. The lowest BCUT2D eigenvalue weighted by atomic mass is 9.93. The molecule has 0 atom stereocenters. The van der Waals surface area contributed by atoms with Gasteiger partial charge in [0.15, 0.2) is 0 Å². The summed E-state index contributed by atoms with van der Waals surface area (Å²) in [7, 11) is 0. The van der Waals surface area contributed by atoms with E-state index in [4.69, 9.17) is 0 Å². The Morgan fingerprint density at radius 2 is 1.79 bits per heavy atom. The molecule has 1 N–H and O–H groups in total. The van der Waals surface area contributed by atoms with Gasteiger partial charge in [0.25, 0.3) is 0 Å². The van der Waals surface area contributed by atoms with E-state index >= 15 is 0 Å². The first-order valence-corrected chi connectivity index (χ1v) is 8.10. The summed E-state index contributed by atoms with van der Waals surface area (Å²) >= 11 is 0. The summed E-state index contributed by atoms with van der Waals surface area (Å²) in [6, 6.07) is 10.2. The molecule has 1 saturated carbocycles. The number of allylic oxidation sites excluding steroid dienone is 1. The fourth-order valence-electron chi connectivity index (χ4n) is 2.88. The number of hydrogen-bond donors (Lipinski definition) is 1. The summed E-state index contributed by atoms with van der Waals surface area (Å²) in [6.07, 6.45) is 4.80. The van der Waals surface area contributed by atoms with Crippen molar-refractivity contribution < 1.29 is 13.2 Å². The molecule has 1 aromatic carbocycles. The van der Waals surface area contributed by atoms with Crippen LogP contribution in [0.25, 0.3) is 6.08 Å². The molecular weight excluding hydrogens is 313 g/mol. The van der Waals surface area contributed by atoms with Crippen molar-refractivity contribution >= 4 is 17.6 Å². The molecule has 1 fully saturated rings. The van der Waals surface area contributed by atoms with Crippen LogP contribution in [0.3, 0.4) is 0 Å². The van der Waals surface area contributed by atoms with Gasteiger partial charge in [-0.1, -0.05) is 30.2 Å². The predicted octanol–water partition coefficient (Wildman–Crippen LogP) is 6.19. The van der Waals surface area contributed by atoms with Crippen molar-refractivity contribution in [3.8, 4) is 0 Å². The Morgan fingerprint density at radius 3 is 2.46 bits per heavy atom. The Morgan fingerprint density at radius 1 is 1.00 bits per heavy atom. The summed E-state index contributed by atoms with van der Waals surface area (Å²) in [5, 5.41) is 3.05. The van der Waals surface area contributed by atoms with Gasteiger partial charge >= 0.3 is 6.18 Å². The zero-order valence-corrected chi connectivity index (χ0v) is 13.2. The van der Waals surface area contributed by atoms with Gasteiger partial charge in [0.2, 0.25) is 0 Å². The molecule has 0 saturated heterocycles. The summed E-state index contributed by atoms with van der Waals surface area (Å²) in [6.45, 7) is 0. The number of nitrogens with one attached hydrogen (secondary N) is 1. The van der Waals surface area contributed by atoms with Gasteiger partial charge < -0.3 is 5.32 Å². The highest BCUT2D eigenvalue weighted by Gasteiger charge is 2.30. The highest BCUT2D eigenvalue weighted by atomic mass is 19.4. The van der Waals surface area contributed by atoms with E-state index < -0.39 is 11.7 Å². The van der Waals surface area contributed by atoms with Crippen LogP contribution in [-0.2, 0) is 6.18 Å². The Labute approximate surface area is 139 Å². The maximum absolute atomic E-state index is 12.6. The number of nitrogens with zero attached hydrogens (tertiary/aromatic N) is 1. The van der Waals surface area contributed by atoms with E-state index in [-0.39, 0.29) is 0 Å². The Bertz CT molecular complexity index is 710. The minimum Gasteiger partial charge on any atom is -0.340 e. The molecule has 2 aromatic rings. The first-order chi connectivity index (χ1) is 11.5. The van der Waals surface area contributed by atoms with Crippen LogP contribution >= 0.6 is 0 Å². The molecule has 0 unspecified atom stereocenters. The molecule has 24 heavy (non-hydrogen) atoms. The van der Waals surface area contributed by atoms with Crippen LogP contribution in [0.4, 0.5) is 24.7 Å². The highest BCUT2D eigenvalue weighted by molar-refractivity contribution is 5.63. The first kappa shape index (κ1) is 16.6. The average molecular weight is 332 g/mol. The minimum atomic E-state index is -4.36. The lowest BCUT2D eigenvalue weighted by Crippen LogP contribution is -2.05. The topological polar surface area (TPSA) is 24.9 Å². The second-order valence-electron chi connectivity index (χ2n) is 6.04. The zero-order valence-electron chi connectivity index (χ0n) is 13.2. The second kappa shape index (κ2) is 7.07. The molecule has 1 aromatic heterocycles. The normalized spacial score (nSPS) is 15.2. The molecular formula is C19H19F3N2. The van der Waals surface area contributed by atoms with E-state index in [9.17, 15) is 13.2 Å². The van der Waals surface area contributed by atoms with Crippen molar-refractivity contribution in [1.29, 1.82) is 0 Å². The van der Waals surface area contributed by atoms with Gasteiger partial charge in [-0.2, -0.15) is 13.2 Å². The quantitative estimate of drug-likeness (QED) is 0.724. The third-order valence-corrected chi connectivity index (χ3v) is 4.12. The van der Waals surface area contributed by atoms with Gasteiger partial charge in [-0.05, 0) is 55.5 Å². The number of aromatic nitrogens is 1. The van der Waals surface area contributed by atoms with Crippen LogP contribution in [0, 0.1) is 0 Å². The van der Waals surface area contributed by atoms with E-state index in [0.29, 0.717) is 5.82 Å². The standard InChI is InChI=1S/C19H19F3N2/c20-19(21,22)16-9-10-18(23-13-16)24-17-8-4-7-15(12-17)11-14-5-2-1-3-6-14/h4,7-13H,1-3,5-6H2,(H,23,24). The van der Waals surface area contributed by atoms with Crippen LogP contribution in [0.1, 0.15) is 43.2 Å². The fraction of sp³-hybridized carbons (Fsp3) is 0.316. The third-order valence-electron chi connectivity index (χ3n) is 4.12. The largest absolute Gasteiger partial charge is 0.417 e. The van der Waals surface area contributed by atoms with Crippen molar-refractivity contribution in [1.82, 2.24) is 4.98 Å². The molecule has 0 spiro atoms. The fourth-order valence-corrected chi connectivity index (χ4v) is 2.88. The Balaban J connectivity index is 1.72. The van der Waals surface area contributed by atoms with Crippen LogP contribution in [-0.4, -0.2) is 4.98 Å². The molecule has 1 heterocycles. The molecule has 5 heteroatoms. The maximum atomic E-state index is 12.6. The monoisotopic (exact) mass is 332 g/mol. The summed E-state index contributed by atoms with van der Waals surface area (Å²) in [4.78, 5) is 3.84. The van der Waals surface area contributed by atoms with Gasteiger partial charge in [0.1, 0.15) is 5.82 Å². The number of alkyl halides is 3. The van der Waals surface area contributed by atoms with Gasteiger partial charge in [-0.15, -0.1) is 0 Å². The number of pyridine rings is 1. The van der Waals surface area contributed by atoms with E-state index in [1.807, 2.05) is 24.3 Å². The van der Waals surface area contributed by atoms with Gasteiger partial charge in [-0.3, -0.25) is 0 Å². The molecule has 1 aliphatic rings. The zero-order chi connectivity index (χ0) is 17.0. The minimum absolute atomic E-state index is 0.394. The number of halogens is 3. The van der Waals surface area contributed by atoms with Gasteiger partial charge in [0.05, 0.1) is 5.56 Å². The molecule has 0 amide bonds. The molecule has 0 aliphatic heterocycles. The second-order valence-corrected chi connectivity index (χ2v) is 6.04. The van der Waals surface area contributed by atoms with E-state index in [1.54, 1.807) is 0 Å². The van der Waals surface area contributed by atoms with Crippen LogP contribution in [0.5, 0.6) is 0 Å². The summed E-state index contributed by atoms with van der Waals surface area (Å²) < 4.78 is 37.7. The SMILES string of the molecule is FC(F)(F)c1ccc(Nc2cccc(C=C3CCCCC3)c2)nc1. The average Bonchev–Trinajstić information content (AvgIpc) is 2.56. The lowest BCUT2D eigenvalue weighted by Gasteiger charge is -2.14. The van der Waals surface area contributed by atoms with Crippen LogP contribution < -0.4 is 5.32 Å². The van der Waals surface area contributed by atoms with Crippen molar-refractivity contribution in [3.63, 3.8) is 0 Å².